The minimum Gasteiger partial charge on any atom is -0.394 e. The molecule has 0 aliphatic carbocycles. The standard InChI is InChI=1S/C12H26N2O2/c1-10(2)6-14(8-12(16)9-15)7-11-4-3-5-13-11/h10-13,15-16H,3-9H2,1-2H3. The number of nitrogens with one attached hydrogen (secondary N) is 1. The summed E-state index contributed by atoms with van der Waals surface area (Å²) in [7, 11) is 0. The summed E-state index contributed by atoms with van der Waals surface area (Å²) in [5, 5.41) is 21.9. The largest absolute Gasteiger partial charge is 0.394 e. The Morgan fingerprint density at radius 1 is 1.38 bits per heavy atom. The first kappa shape index (κ1) is 13.9. The Morgan fingerprint density at radius 3 is 2.62 bits per heavy atom. The molecule has 16 heavy (non-hydrogen) atoms. The molecule has 1 saturated heterocycles. The van der Waals surface area contributed by atoms with Crippen LogP contribution in [0, 0.1) is 5.92 Å². The fraction of sp³-hybridized carbons (Fsp3) is 1.00. The highest BCUT2D eigenvalue weighted by molar-refractivity contribution is 4.79. The minimum atomic E-state index is -0.611. The van der Waals surface area contributed by atoms with Gasteiger partial charge in [-0.05, 0) is 25.3 Å². The first-order chi connectivity index (χ1) is 7.61. The zero-order chi connectivity index (χ0) is 12.0. The summed E-state index contributed by atoms with van der Waals surface area (Å²) < 4.78 is 0. The Labute approximate surface area is 98.6 Å². The van der Waals surface area contributed by atoms with E-state index in [0.29, 0.717) is 18.5 Å². The Balaban J connectivity index is 2.35. The van der Waals surface area contributed by atoms with E-state index < -0.39 is 6.10 Å². The average molecular weight is 230 g/mol. The zero-order valence-corrected chi connectivity index (χ0v) is 10.5. The summed E-state index contributed by atoms with van der Waals surface area (Å²) in [6.45, 7) is 7.87. The third-order valence-electron chi connectivity index (χ3n) is 2.94. The molecule has 3 N–H and O–H groups in total. The lowest BCUT2D eigenvalue weighted by Crippen LogP contribution is -2.43. The smallest absolute Gasteiger partial charge is 0.0897 e. The van der Waals surface area contributed by atoms with Crippen molar-refractivity contribution in [2.24, 2.45) is 5.92 Å². The molecule has 0 radical (unpaired) electrons. The van der Waals surface area contributed by atoms with E-state index in [1.807, 2.05) is 0 Å². The second-order valence-electron chi connectivity index (χ2n) is 5.24. The fourth-order valence-electron chi connectivity index (χ4n) is 2.32. The number of aliphatic hydroxyl groups is 2. The quantitative estimate of drug-likeness (QED) is 0.578. The van der Waals surface area contributed by atoms with E-state index >= 15 is 0 Å². The van der Waals surface area contributed by atoms with Gasteiger partial charge in [0, 0.05) is 25.7 Å². The highest BCUT2D eigenvalue weighted by Crippen LogP contribution is 2.09. The van der Waals surface area contributed by atoms with Crippen LogP contribution in [0.5, 0.6) is 0 Å². The van der Waals surface area contributed by atoms with Crippen LogP contribution in [0.1, 0.15) is 26.7 Å². The summed E-state index contributed by atoms with van der Waals surface area (Å²) in [5.74, 6) is 0.590. The molecule has 0 aromatic carbocycles. The van der Waals surface area contributed by atoms with Crippen LogP contribution in [0.2, 0.25) is 0 Å². The van der Waals surface area contributed by atoms with Crippen LogP contribution in [-0.2, 0) is 0 Å². The normalized spacial score (nSPS) is 23.2. The maximum absolute atomic E-state index is 9.50. The lowest BCUT2D eigenvalue weighted by atomic mass is 10.1. The van der Waals surface area contributed by atoms with Crippen molar-refractivity contribution in [3.05, 3.63) is 0 Å². The topological polar surface area (TPSA) is 55.7 Å². The van der Waals surface area contributed by atoms with E-state index in [9.17, 15) is 5.11 Å². The molecule has 0 amide bonds. The predicted molar refractivity (Wildman–Crippen MR) is 65.4 cm³/mol. The molecule has 0 saturated carbocycles. The molecule has 4 heteroatoms. The van der Waals surface area contributed by atoms with E-state index in [1.165, 1.54) is 12.8 Å². The van der Waals surface area contributed by atoms with Crippen LogP contribution in [0.15, 0.2) is 0 Å². The molecule has 0 spiro atoms. The Kier molecular flexibility index (Phi) is 6.28. The van der Waals surface area contributed by atoms with Gasteiger partial charge in [0.25, 0.3) is 0 Å². The minimum absolute atomic E-state index is 0.146. The maximum Gasteiger partial charge on any atom is 0.0897 e. The van der Waals surface area contributed by atoms with Gasteiger partial charge in [-0.1, -0.05) is 13.8 Å². The SMILES string of the molecule is CC(C)CN(CC(O)CO)CC1CCCN1. The molecular formula is C12H26N2O2. The number of nitrogens with zero attached hydrogens (tertiary/aromatic N) is 1. The van der Waals surface area contributed by atoms with Crippen LogP contribution in [0.4, 0.5) is 0 Å². The maximum atomic E-state index is 9.50. The van der Waals surface area contributed by atoms with Gasteiger partial charge in [-0.25, -0.2) is 0 Å². The summed E-state index contributed by atoms with van der Waals surface area (Å²) in [6.07, 6.45) is 1.87. The van der Waals surface area contributed by atoms with Crippen molar-refractivity contribution in [1.29, 1.82) is 0 Å². The Morgan fingerprint density at radius 2 is 2.12 bits per heavy atom. The predicted octanol–water partition coefficient (Wildman–Crippen LogP) is 0.0496. The van der Waals surface area contributed by atoms with Crippen LogP contribution < -0.4 is 5.32 Å². The van der Waals surface area contributed by atoms with Crippen LogP contribution in [0.25, 0.3) is 0 Å². The molecule has 1 heterocycles. The number of rotatable bonds is 7. The van der Waals surface area contributed by atoms with Crippen LogP contribution in [-0.4, -0.2) is 60.0 Å². The van der Waals surface area contributed by atoms with E-state index in [0.717, 1.165) is 19.6 Å². The Hall–Kier alpha value is -0.160. The zero-order valence-electron chi connectivity index (χ0n) is 10.5. The fourth-order valence-corrected chi connectivity index (χ4v) is 2.32. The molecule has 96 valence electrons. The second-order valence-corrected chi connectivity index (χ2v) is 5.24. The second kappa shape index (κ2) is 7.22. The highest BCUT2D eigenvalue weighted by atomic mass is 16.3. The van der Waals surface area contributed by atoms with Crippen molar-refractivity contribution in [3.8, 4) is 0 Å². The molecule has 4 nitrogen and oxygen atoms in total. The van der Waals surface area contributed by atoms with E-state index in [2.05, 4.69) is 24.1 Å². The lowest BCUT2D eigenvalue weighted by Gasteiger charge is -2.28. The van der Waals surface area contributed by atoms with Crippen molar-refractivity contribution >= 4 is 0 Å². The molecule has 2 unspecified atom stereocenters. The molecular weight excluding hydrogens is 204 g/mol. The summed E-state index contributed by atoms with van der Waals surface area (Å²) >= 11 is 0. The van der Waals surface area contributed by atoms with Crippen molar-refractivity contribution in [2.75, 3.05) is 32.8 Å². The van der Waals surface area contributed by atoms with Crippen molar-refractivity contribution in [2.45, 2.75) is 38.8 Å². The first-order valence-corrected chi connectivity index (χ1v) is 6.36. The van der Waals surface area contributed by atoms with Gasteiger partial charge in [0.1, 0.15) is 0 Å². The molecule has 0 aromatic heterocycles. The van der Waals surface area contributed by atoms with Gasteiger partial charge in [0.05, 0.1) is 12.7 Å². The van der Waals surface area contributed by atoms with E-state index in [4.69, 9.17) is 5.11 Å². The van der Waals surface area contributed by atoms with E-state index in [1.54, 1.807) is 0 Å². The molecule has 1 fully saturated rings. The third kappa shape index (κ3) is 5.25. The van der Waals surface area contributed by atoms with Crippen LogP contribution >= 0.6 is 0 Å². The molecule has 1 rings (SSSR count). The van der Waals surface area contributed by atoms with Gasteiger partial charge in [-0.2, -0.15) is 0 Å². The van der Waals surface area contributed by atoms with Crippen molar-refractivity contribution in [3.63, 3.8) is 0 Å². The summed E-state index contributed by atoms with van der Waals surface area (Å²) in [5.41, 5.74) is 0. The van der Waals surface area contributed by atoms with Crippen molar-refractivity contribution < 1.29 is 10.2 Å². The summed E-state index contributed by atoms with van der Waals surface area (Å²) in [4.78, 5) is 2.26. The van der Waals surface area contributed by atoms with E-state index in [-0.39, 0.29) is 6.61 Å². The molecule has 1 aliphatic rings. The molecule has 2 atom stereocenters. The average Bonchev–Trinajstić information content (AvgIpc) is 2.69. The number of hydrogen-bond donors (Lipinski definition) is 3. The molecule has 1 aliphatic heterocycles. The number of hydrogen-bond acceptors (Lipinski definition) is 4. The monoisotopic (exact) mass is 230 g/mol. The number of aliphatic hydroxyl groups excluding tert-OH is 2. The van der Waals surface area contributed by atoms with Crippen molar-refractivity contribution in [1.82, 2.24) is 10.2 Å². The van der Waals surface area contributed by atoms with Gasteiger partial charge in [0.15, 0.2) is 0 Å². The highest BCUT2D eigenvalue weighted by Gasteiger charge is 2.20. The lowest BCUT2D eigenvalue weighted by molar-refractivity contribution is 0.0530. The van der Waals surface area contributed by atoms with Crippen LogP contribution in [0.3, 0.4) is 0 Å². The molecule has 0 bridgehead atoms. The Bertz CT molecular complexity index is 182. The van der Waals surface area contributed by atoms with Gasteiger partial charge in [0.2, 0.25) is 0 Å². The van der Waals surface area contributed by atoms with Gasteiger partial charge < -0.3 is 15.5 Å². The molecule has 0 aromatic rings. The van der Waals surface area contributed by atoms with Gasteiger partial charge in [-0.15, -0.1) is 0 Å². The summed E-state index contributed by atoms with van der Waals surface area (Å²) in [6, 6.07) is 0.560. The third-order valence-corrected chi connectivity index (χ3v) is 2.94. The van der Waals surface area contributed by atoms with Gasteiger partial charge in [-0.3, -0.25) is 4.90 Å². The van der Waals surface area contributed by atoms with Gasteiger partial charge >= 0.3 is 0 Å². The first-order valence-electron chi connectivity index (χ1n) is 6.36.